The van der Waals surface area contributed by atoms with E-state index < -0.39 is 0 Å². The van der Waals surface area contributed by atoms with Gasteiger partial charge in [0.05, 0.1) is 29.5 Å². The van der Waals surface area contributed by atoms with E-state index in [0.717, 1.165) is 22.8 Å². The van der Waals surface area contributed by atoms with Crippen LogP contribution in [-0.2, 0) is 6.54 Å². The van der Waals surface area contributed by atoms with Gasteiger partial charge in [-0.3, -0.25) is 0 Å². The van der Waals surface area contributed by atoms with Crippen LogP contribution in [-0.4, -0.2) is 19.7 Å². The maximum absolute atomic E-state index is 4.64. The molecule has 21 heavy (non-hydrogen) atoms. The normalized spacial score (nSPS) is 10.6. The highest BCUT2D eigenvalue weighted by Gasteiger charge is 2.12. The van der Waals surface area contributed by atoms with E-state index in [0.29, 0.717) is 6.54 Å². The van der Waals surface area contributed by atoms with Crippen molar-refractivity contribution in [2.24, 2.45) is 0 Å². The first-order chi connectivity index (χ1) is 10.3. The smallest absolute Gasteiger partial charge is 0.115 e. The Kier molecular flexibility index (Phi) is 3.64. The fourth-order valence-corrected chi connectivity index (χ4v) is 2.33. The molecule has 0 bridgehead atoms. The van der Waals surface area contributed by atoms with Crippen LogP contribution in [0.2, 0.25) is 0 Å². The van der Waals surface area contributed by atoms with Crippen LogP contribution >= 0.6 is 0 Å². The second kappa shape index (κ2) is 5.75. The molecule has 0 saturated heterocycles. The summed E-state index contributed by atoms with van der Waals surface area (Å²) in [7, 11) is 0. The summed E-state index contributed by atoms with van der Waals surface area (Å²) >= 11 is 0. The molecule has 5 heteroatoms. The highest BCUT2D eigenvalue weighted by atomic mass is 15.3. The lowest BCUT2D eigenvalue weighted by molar-refractivity contribution is 0.833. The Bertz CT molecular complexity index is 719. The SMILES string of the molecule is Cc1nn(-c2ccccc2)c(C)c1CNc1cncnc1. The Morgan fingerprint density at radius 1 is 1.05 bits per heavy atom. The average molecular weight is 279 g/mol. The van der Waals surface area contributed by atoms with Crippen molar-refractivity contribution in [3.05, 3.63) is 66.0 Å². The summed E-state index contributed by atoms with van der Waals surface area (Å²) in [5, 5.41) is 7.97. The lowest BCUT2D eigenvalue weighted by atomic mass is 10.2. The Morgan fingerprint density at radius 2 is 1.76 bits per heavy atom. The highest BCUT2D eigenvalue weighted by molar-refractivity contribution is 5.41. The molecule has 1 aromatic carbocycles. The van der Waals surface area contributed by atoms with Crippen LogP contribution in [0.5, 0.6) is 0 Å². The Hall–Kier alpha value is -2.69. The summed E-state index contributed by atoms with van der Waals surface area (Å²) in [6.45, 7) is 4.83. The van der Waals surface area contributed by atoms with E-state index in [-0.39, 0.29) is 0 Å². The number of aromatic nitrogens is 4. The van der Waals surface area contributed by atoms with E-state index in [2.05, 4.69) is 39.4 Å². The van der Waals surface area contributed by atoms with E-state index in [9.17, 15) is 0 Å². The number of rotatable bonds is 4. The largest absolute Gasteiger partial charge is 0.378 e. The minimum absolute atomic E-state index is 0.706. The van der Waals surface area contributed by atoms with Gasteiger partial charge in [-0.25, -0.2) is 14.6 Å². The number of aryl methyl sites for hydroxylation is 1. The zero-order valence-electron chi connectivity index (χ0n) is 12.1. The molecule has 1 N–H and O–H groups in total. The van der Waals surface area contributed by atoms with Crippen LogP contribution in [0.3, 0.4) is 0 Å². The molecule has 0 fully saturated rings. The molecular weight excluding hydrogens is 262 g/mol. The van der Waals surface area contributed by atoms with Crippen molar-refractivity contribution >= 4 is 5.69 Å². The van der Waals surface area contributed by atoms with Gasteiger partial charge in [-0.2, -0.15) is 5.10 Å². The molecule has 0 aliphatic heterocycles. The van der Waals surface area contributed by atoms with Crippen molar-refractivity contribution in [1.29, 1.82) is 0 Å². The van der Waals surface area contributed by atoms with Gasteiger partial charge in [-0.05, 0) is 26.0 Å². The minimum atomic E-state index is 0.706. The van der Waals surface area contributed by atoms with Crippen molar-refractivity contribution in [3.8, 4) is 5.69 Å². The minimum Gasteiger partial charge on any atom is -0.378 e. The number of nitrogens with one attached hydrogen (secondary N) is 1. The molecule has 3 aromatic rings. The molecule has 3 rings (SSSR count). The fourth-order valence-electron chi connectivity index (χ4n) is 2.33. The first-order valence-electron chi connectivity index (χ1n) is 6.85. The molecule has 2 aromatic heterocycles. The monoisotopic (exact) mass is 279 g/mol. The van der Waals surface area contributed by atoms with Crippen LogP contribution in [0.4, 0.5) is 5.69 Å². The second-order valence-electron chi connectivity index (χ2n) is 4.88. The van der Waals surface area contributed by atoms with Crippen LogP contribution in [0, 0.1) is 13.8 Å². The van der Waals surface area contributed by atoms with Gasteiger partial charge in [-0.1, -0.05) is 18.2 Å². The summed E-state index contributed by atoms with van der Waals surface area (Å²) in [6, 6.07) is 10.2. The van der Waals surface area contributed by atoms with Gasteiger partial charge < -0.3 is 5.32 Å². The van der Waals surface area contributed by atoms with E-state index in [1.165, 1.54) is 11.9 Å². The van der Waals surface area contributed by atoms with Crippen molar-refractivity contribution in [1.82, 2.24) is 19.7 Å². The van der Waals surface area contributed by atoms with Gasteiger partial charge in [0.15, 0.2) is 0 Å². The molecule has 0 unspecified atom stereocenters. The quantitative estimate of drug-likeness (QED) is 0.798. The molecule has 0 saturated carbocycles. The highest BCUT2D eigenvalue weighted by Crippen LogP contribution is 2.18. The summed E-state index contributed by atoms with van der Waals surface area (Å²) in [6.07, 6.45) is 5.05. The van der Waals surface area contributed by atoms with Gasteiger partial charge in [0, 0.05) is 17.8 Å². The lowest BCUT2D eigenvalue weighted by Gasteiger charge is -2.07. The molecule has 0 atom stereocenters. The van der Waals surface area contributed by atoms with Crippen molar-refractivity contribution in [3.63, 3.8) is 0 Å². The van der Waals surface area contributed by atoms with Crippen molar-refractivity contribution < 1.29 is 0 Å². The number of hydrogen-bond donors (Lipinski definition) is 1. The van der Waals surface area contributed by atoms with Gasteiger partial charge in [0.2, 0.25) is 0 Å². The first-order valence-corrected chi connectivity index (χ1v) is 6.85. The predicted octanol–water partition coefficient (Wildman–Crippen LogP) is 2.89. The van der Waals surface area contributed by atoms with Gasteiger partial charge in [0.1, 0.15) is 6.33 Å². The average Bonchev–Trinajstić information content (AvgIpc) is 2.82. The Labute approximate surface area is 123 Å². The van der Waals surface area contributed by atoms with E-state index in [1.54, 1.807) is 12.4 Å². The third-order valence-corrected chi connectivity index (χ3v) is 3.47. The maximum atomic E-state index is 4.64. The zero-order valence-corrected chi connectivity index (χ0v) is 12.1. The lowest BCUT2D eigenvalue weighted by Crippen LogP contribution is -2.03. The third kappa shape index (κ3) is 2.76. The zero-order chi connectivity index (χ0) is 14.7. The topological polar surface area (TPSA) is 55.6 Å². The molecule has 2 heterocycles. The molecular formula is C16H17N5. The van der Waals surface area contributed by atoms with E-state index >= 15 is 0 Å². The molecule has 5 nitrogen and oxygen atoms in total. The predicted molar refractivity (Wildman–Crippen MR) is 82.4 cm³/mol. The molecule has 0 amide bonds. The summed E-state index contributed by atoms with van der Waals surface area (Å²) in [5.41, 5.74) is 5.35. The first kappa shape index (κ1) is 13.3. The fraction of sp³-hybridized carbons (Fsp3) is 0.188. The maximum Gasteiger partial charge on any atom is 0.115 e. The summed E-state index contributed by atoms with van der Waals surface area (Å²) in [4.78, 5) is 8.00. The van der Waals surface area contributed by atoms with Gasteiger partial charge >= 0.3 is 0 Å². The van der Waals surface area contributed by atoms with Gasteiger partial charge in [0.25, 0.3) is 0 Å². The molecule has 106 valence electrons. The van der Waals surface area contributed by atoms with Crippen LogP contribution < -0.4 is 5.32 Å². The summed E-state index contributed by atoms with van der Waals surface area (Å²) in [5.74, 6) is 0. The Morgan fingerprint density at radius 3 is 2.48 bits per heavy atom. The number of para-hydroxylation sites is 1. The van der Waals surface area contributed by atoms with Crippen molar-refractivity contribution in [2.75, 3.05) is 5.32 Å². The molecule has 0 aliphatic rings. The van der Waals surface area contributed by atoms with Crippen LogP contribution in [0.25, 0.3) is 5.69 Å². The standard InChI is InChI=1S/C16H17N5/c1-12-16(10-19-14-8-17-11-18-9-14)13(2)21(20-12)15-6-4-3-5-7-15/h3-9,11,19H,10H2,1-2H3. The molecule has 0 spiro atoms. The van der Waals surface area contributed by atoms with Gasteiger partial charge in [-0.15, -0.1) is 0 Å². The summed E-state index contributed by atoms with van der Waals surface area (Å²) < 4.78 is 1.98. The number of benzene rings is 1. The molecule has 0 aliphatic carbocycles. The van der Waals surface area contributed by atoms with E-state index in [4.69, 9.17) is 0 Å². The Balaban J connectivity index is 1.85. The number of hydrogen-bond acceptors (Lipinski definition) is 4. The third-order valence-electron chi connectivity index (χ3n) is 3.47. The number of nitrogens with zero attached hydrogens (tertiary/aromatic N) is 4. The van der Waals surface area contributed by atoms with Crippen LogP contribution in [0.15, 0.2) is 49.1 Å². The number of anilines is 1. The van der Waals surface area contributed by atoms with Crippen LogP contribution in [0.1, 0.15) is 17.0 Å². The van der Waals surface area contributed by atoms with Crippen molar-refractivity contribution in [2.45, 2.75) is 20.4 Å². The van der Waals surface area contributed by atoms with E-state index in [1.807, 2.05) is 29.8 Å². The molecule has 0 radical (unpaired) electrons. The second-order valence-corrected chi connectivity index (χ2v) is 4.88.